The number of hydrogen-bond donors (Lipinski definition) is 3. The molecule has 1 aliphatic rings. The Morgan fingerprint density at radius 1 is 1.27 bits per heavy atom. The standard InChI is InChI=1S/C16H31N3O2.ClH/c1-11(13-7-6-8-17-10-13)9-14(20)18-12(2)15(21)19-16(3,4)5;/h11-13,17H,6-10H2,1-5H3,(H,18,20)(H,19,21);1H. The van der Waals surface area contributed by atoms with Gasteiger partial charge >= 0.3 is 0 Å². The fourth-order valence-electron chi connectivity index (χ4n) is 2.67. The summed E-state index contributed by atoms with van der Waals surface area (Å²) in [6.07, 6.45) is 2.85. The smallest absolute Gasteiger partial charge is 0.242 e. The lowest BCUT2D eigenvalue weighted by atomic mass is 9.85. The minimum atomic E-state index is -0.492. The molecule has 1 rings (SSSR count). The second-order valence-electron chi connectivity index (χ2n) is 7.32. The van der Waals surface area contributed by atoms with Crippen LogP contribution in [0.1, 0.15) is 53.9 Å². The molecule has 6 heteroatoms. The minimum Gasteiger partial charge on any atom is -0.350 e. The molecule has 0 bridgehead atoms. The molecule has 2 amide bonds. The Balaban J connectivity index is 0.00000441. The molecule has 0 saturated carbocycles. The van der Waals surface area contributed by atoms with Gasteiger partial charge in [-0.15, -0.1) is 12.4 Å². The van der Waals surface area contributed by atoms with Crippen LogP contribution in [-0.4, -0.2) is 36.5 Å². The van der Waals surface area contributed by atoms with E-state index in [0.717, 1.165) is 13.1 Å². The summed E-state index contributed by atoms with van der Waals surface area (Å²) in [6.45, 7) is 11.7. The van der Waals surface area contributed by atoms with E-state index >= 15 is 0 Å². The van der Waals surface area contributed by atoms with Crippen molar-refractivity contribution in [2.45, 2.75) is 65.5 Å². The van der Waals surface area contributed by atoms with Crippen molar-refractivity contribution >= 4 is 24.2 Å². The molecule has 0 radical (unpaired) electrons. The van der Waals surface area contributed by atoms with Gasteiger partial charge in [0.15, 0.2) is 0 Å². The maximum absolute atomic E-state index is 12.1. The van der Waals surface area contributed by atoms with E-state index in [2.05, 4.69) is 22.9 Å². The highest BCUT2D eigenvalue weighted by molar-refractivity contribution is 5.87. The van der Waals surface area contributed by atoms with Gasteiger partial charge in [0.25, 0.3) is 0 Å². The second-order valence-corrected chi connectivity index (χ2v) is 7.32. The number of carbonyl (C=O) groups excluding carboxylic acids is 2. The van der Waals surface area contributed by atoms with Crippen LogP contribution in [0.4, 0.5) is 0 Å². The summed E-state index contributed by atoms with van der Waals surface area (Å²) in [5.74, 6) is 0.728. The Morgan fingerprint density at radius 3 is 2.41 bits per heavy atom. The average Bonchev–Trinajstić information content (AvgIpc) is 2.37. The van der Waals surface area contributed by atoms with Gasteiger partial charge < -0.3 is 16.0 Å². The summed E-state index contributed by atoms with van der Waals surface area (Å²) in [6, 6.07) is -0.492. The molecule has 5 nitrogen and oxygen atoms in total. The predicted molar refractivity (Wildman–Crippen MR) is 92.1 cm³/mol. The molecular formula is C16H32ClN3O2. The summed E-state index contributed by atoms with van der Waals surface area (Å²) < 4.78 is 0. The number of halogens is 1. The molecule has 1 saturated heterocycles. The molecule has 0 aliphatic carbocycles. The maximum Gasteiger partial charge on any atom is 0.242 e. The van der Waals surface area contributed by atoms with Crippen LogP contribution in [0.15, 0.2) is 0 Å². The molecule has 1 heterocycles. The van der Waals surface area contributed by atoms with Crippen LogP contribution >= 0.6 is 12.4 Å². The SMILES string of the molecule is CC(NC(=O)CC(C)C1CCCNC1)C(=O)NC(C)(C)C.Cl. The number of amides is 2. The number of carbonyl (C=O) groups is 2. The highest BCUT2D eigenvalue weighted by Gasteiger charge is 2.24. The van der Waals surface area contributed by atoms with Gasteiger partial charge in [-0.1, -0.05) is 6.92 Å². The Bertz CT molecular complexity index is 363. The van der Waals surface area contributed by atoms with Gasteiger partial charge in [-0.2, -0.15) is 0 Å². The monoisotopic (exact) mass is 333 g/mol. The lowest BCUT2D eigenvalue weighted by Gasteiger charge is -2.28. The summed E-state index contributed by atoms with van der Waals surface area (Å²) in [4.78, 5) is 24.0. The Hall–Kier alpha value is -0.810. The number of rotatable bonds is 5. The molecule has 0 aromatic carbocycles. The summed E-state index contributed by atoms with van der Waals surface area (Å²) in [5, 5.41) is 9.06. The highest BCUT2D eigenvalue weighted by atomic mass is 35.5. The molecule has 1 fully saturated rings. The summed E-state index contributed by atoms with van der Waals surface area (Å²) >= 11 is 0. The van der Waals surface area contributed by atoms with Crippen LogP contribution in [-0.2, 0) is 9.59 Å². The van der Waals surface area contributed by atoms with E-state index in [0.29, 0.717) is 18.3 Å². The minimum absolute atomic E-state index is 0. The molecule has 3 unspecified atom stereocenters. The first kappa shape index (κ1) is 21.2. The molecular weight excluding hydrogens is 302 g/mol. The highest BCUT2D eigenvalue weighted by Crippen LogP contribution is 2.22. The van der Waals surface area contributed by atoms with E-state index < -0.39 is 6.04 Å². The zero-order valence-electron chi connectivity index (χ0n) is 14.5. The van der Waals surface area contributed by atoms with Gasteiger partial charge in [0.1, 0.15) is 6.04 Å². The van der Waals surface area contributed by atoms with E-state index in [-0.39, 0.29) is 29.8 Å². The quantitative estimate of drug-likeness (QED) is 0.719. The second kappa shape index (κ2) is 9.36. The normalized spacial score (nSPS) is 21.2. The third-order valence-corrected chi connectivity index (χ3v) is 3.92. The third kappa shape index (κ3) is 7.99. The molecule has 3 N–H and O–H groups in total. The Morgan fingerprint density at radius 2 is 1.91 bits per heavy atom. The number of piperidine rings is 1. The number of hydrogen-bond acceptors (Lipinski definition) is 3. The topological polar surface area (TPSA) is 70.2 Å². The largest absolute Gasteiger partial charge is 0.350 e. The van der Waals surface area contributed by atoms with Crippen LogP contribution in [0.3, 0.4) is 0 Å². The van der Waals surface area contributed by atoms with Crippen LogP contribution < -0.4 is 16.0 Å². The molecule has 3 atom stereocenters. The van der Waals surface area contributed by atoms with Crippen LogP contribution in [0, 0.1) is 11.8 Å². The molecule has 0 aromatic heterocycles. The van der Waals surface area contributed by atoms with Gasteiger partial charge in [0.2, 0.25) is 11.8 Å². The van der Waals surface area contributed by atoms with Crippen LogP contribution in [0.2, 0.25) is 0 Å². The molecule has 0 aromatic rings. The Kier molecular flexibility index (Phi) is 9.01. The van der Waals surface area contributed by atoms with E-state index in [4.69, 9.17) is 0 Å². The van der Waals surface area contributed by atoms with Crippen molar-refractivity contribution in [1.29, 1.82) is 0 Å². The third-order valence-electron chi connectivity index (χ3n) is 3.92. The zero-order chi connectivity index (χ0) is 16.0. The summed E-state index contributed by atoms with van der Waals surface area (Å²) in [5.41, 5.74) is -0.281. The van der Waals surface area contributed by atoms with Crippen molar-refractivity contribution < 1.29 is 9.59 Å². The summed E-state index contributed by atoms with van der Waals surface area (Å²) in [7, 11) is 0. The lowest BCUT2D eigenvalue weighted by molar-refractivity contribution is -0.130. The molecule has 0 spiro atoms. The molecule has 1 aliphatic heterocycles. The van der Waals surface area contributed by atoms with Crippen molar-refractivity contribution in [3.63, 3.8) is 0 Å². The first-order valence-corrected chi connectivity index (χ1v) is 8.01. The van der Waals surface area contributed by atoms with Crippen LogP contribution in [0.5, 0.6) is 0 Å². The van der Waals surface area contributed by atoms with Gasteiger partial charge in [-0.3, -0.25) is 9.59 Å². The zero-order valence-corrected chi connectivity index (χ0v) is 15.3. The van der Waals surface area contributed by atoms with Gasteiger partial charge in [-0.05, 0) is 65.5 Å². The predicted octanol–water partition coefficient (Wildman–Crippen LogP) is 1.85. The van der Waals surface area contributed by atoms with Gasteiger partial charge in [0, 0.05) is 12.0 Å². The van der Waals surface area contributed by atoms with Gasteiger partial charge in [0.05, 0.1) is 0 Å². The first-order chi connectivity index (χ1) is 9.69. The fourth-order valence-corrected chi connectivity index (χ4v) is 2.67. The van der Waals surface area contributed by atoms with E-state index in [1.165, 1.54) is 12.8 Å². The molecule has 22 heavy (non-hydrogen) atoms. The lowest BCUT2D eigenvalue weighted by Crippen LogP contribution is -2.51. The fraction of sp³-hybridized carbons (Fsp3) is 0.875. The van der Waals surface area contributed by atoms with E-state index in [1.807, 2.05) is 20.8 Å². The van der Waals surface area contributed by atoms with Crippen molar-refractivity contribution in [1.82, 2.24) is 16.0 Å². The first-order valence-electron chi connectivity index (χ1n) is 8.01. The average molecular weight is 334 g/mol. The van der Waals surface area contributed by atoms with E-state index in [1.54, 1.807) is 6.92 Å². The van der Waals surface area contributed by atoms with E-state index in [9.17, 15) is 9.59 Å². The van der Waals surface area contributed by atoms with Crippen molar-refractivity contribution in [3.8, 4) is 0 Å². The number of nitrogens with one attached hydrogen (secondary N) is 3. The van der Waals surface area contributed by atoms with Gasteiger partial charge in [-0.25, -0.2) is 0 Å². The van der Waals surface area contributed by atoms with Crippen molar-refractivity contribution in [2.75, 3.05) is 13.1 Å². The Labute approximate surface area is 140 Å². The van der Waals surface area contributed by atoms with Crippen molar-refractivity contribution in [3.05, 3.63) is 0 Å². The molecule has 130 valence electrons. The van der Waals surface area contributed by atoms with Crippen LogP contribution in [0.25, 0.3) is 0 Å². The maximum atomic E-state index is 12.1. The van der Waals surface area contributed by atoms with Crippen molar-refractivity contribution in [2.24, 2.45) is 11.8 Å².